The Morgan fingerprint density at radius 3 is 2.75 bits per heavy atom. The molecule has 0 unspecified atom stereocenters. The highest BCUT2D eigenvalue weighted by atomic mass is 32.2. The van der Waals surface area contributed by atoms with Crippen LogP contribution >= 0.6 is 11.8 Å². The fourth-order valence-electron chi connectivity index (χ4n) is 2.22. The van der Waals surface area contributed by atoms with Crippen LogP contribution in [0.2, 0.25) is 0 Å². The van der Waals surface area contributed by atoms with Gasteiger partial charge in [0.05, 0.1) is 17.7 Å². The molecular weight excluding hydrogens is 324 g/mol. The van der Waals surface area contributed by atoms with Crippen molar-refractivity contribution in [2.24, 2.45) is 0 Å². The van der Waals surface area contributed by atoms with Gasteiger partial charge in [0.15, 0.2) is 11.0 Å². The molecule has 0 bridgehead atoms. The van der Waals surface area contributed by atoms with E-state index in [-0.39, 0.29) is 11.2 Å². The second-order valence-corrected chi connectivity index (χ2v) is 6.52. The minimum Gasteiger partial charge on any atom is -0.344 e. The van der Waals surface area contributed by atoms with Crippen molar-refractivity contribution in [1.82, 2.24) is 24.6 Å². The number of carbonyl (C=O) groups is 1. The number of hydrogen-bond acceptors (Lipinski definition) is 6. The number of aromatic nitrogens is 4. The smallest absolute Gasteiger partial charge is 0.235 e. The van der Waals surface area contributed by atoms with Gasteiger partial charge in [-0.1, -0.05) is 11.8 Å². The molecule has 0 saturated heterocycles. The van der Waals surface area contributed by atoms with Crippen molar-refractivity contribution in [2.75, 3.05) is 13.6 Å². The lowest BCUT2D eigenvalue weighted by molar-refractivity contribution is -0.128. The molecule has 0 radical (unpaired) electrons. The van der Waals surface area contributed by atoms with Crippen molar-refractivity contribution in [2.45, 2.75) is 37.2 Å². The summed E-state index contributed by atoms with van der Waals surface area (Å²) < 4.78 is 1.99. The van der Waals surface area contributed by atoms with Gasteiger partial charge in [0.2, 0.25) is 5.91 Å². The molecule has 0 aromatic carbocycles. The van der Waals surface area contributed by atoms with Gasteiger partial charge in [0.1, 0.15) is 0 Å². The molecule has 0 aliphatic heterocycles. The van der Waals surface area contributed by atoms with Gasteiger partial charge in [-0.05, 0) is 26.0 Å². The molecule has 1 atom stereocenters. The minimum atomic E-state index is -0.298. The standard InChI is InChI=1S/C16H20N6OS/c1-4-22-14(13-6-9-18-10-7-13)19-20-16(22)24-12(2)15(23)21(3)11-5-8-17/h6-7,9-10,12H,4-5,11H2,1-3H3/t12-/m1/s1. The van der Waals surface area contributed by atoms with Gasteiger partial charge >= 0.3 is 0 Å². The molecule has 2 heterocycles. The molecule has 2 rings (SSSR count). The first-order chi connectivity index (χ1) is 11.6. The Hall–Kier alpha value is -2.40. The summed E-state index contributed by atoms with van der Waals surface area (Å²) in [5, 5.41) is 17.5. The molecule has 2 aromatic heterocycles. The fraction of sp³-hybridized carbons (Fsp3) is 0.438. The van der Waals surface area contributed by atoms with Gasteiger partial charge in [-0.25, -0.2) is 0 Å². The molecule has 0 fully saturated rings. The highest BCUT2D eigenvalue weighted by Gasteiger charge is 2.22. The summed E-state index contributed by atoms with van der Waals surface area (Å²) in [5.41, 5.74) is 0.941. The third kappa shape index (κ3) is 4.11. The summed E-state index contributed by atoms with van der Waals surface area (Å²) in [6.45, 7) is 5.00. The van der Waals surface area contributed by atoms with Crippen LogP contribution in [0.3, 0.4) is 0 Å². The van der Waals surface area contributed by atoms with Crippen LogP contribution < -0.4 is 0 Å². The van der Waals surface area contributed by atoms with Crippen LogP contribution in [-0.4, -0.2) is 49.4 Å². The average Bonchev–Trinajstić information content (AvgIpc) is 3.02. The molecular formula is C16H20N6OS. The minimum absolute atomic E-state index is 0.0219. The number of amides is 1. The zero-order chi connectivity index (χ0) is 17.5. The van der Waals surface area contributed by atoms with E-state index in [0.717, 1.165) is 11.4 Å². The Bertz CT molecular complexity index is 724. The number of nitriles is 1. The van der Waals surface area contributed by atoms with Crippen molar-refractivity contribution in [3.05, 3.63) is 24.5 Å². The van der Waals surface area contributed by atoms with E-state index in [1.54, 1.807) is 24.3 Å². The predicted molar refractivity (Wildman–Crippen MR) is 92.1 cm³/mol. The summed E-state index contributed by atoms with van der Waals surface area (Å²) >= 11 is 1.38. The Morgan fingerprint density at radius 1 is 1.42 bits per heavy atom. The average molecular weight is 344 g/mol. The monoisotopic (exact) mass is 344 g/mol. The van der Waals surface area contributed by atoms with Crippen LogP contribution in [0.4, 0.5) is 0 Å². The second-order valence-electron chi connectivity index (χ2n) is 5.21. The van der Waals surface area contributed by atoms with E-state index < -0.39 is 0 Å². The van der Waals surface area contributed by atoms with Crippen molar-refractivity contribution >= 4 is 17.7 Å². The lowest BCUT2D eigenvalue weighted by Gasteiger charge is -2.19. The fourth-order valence-corrected chi connectivity index (χ4v) is 3.25. The van der Waals surface area contributed by atoms with Gasteiger partial charge < -0.3 is 9.47 Å². The molecule has 0 N–H and O–H groups in total. The number of thioether (sulfide) groups is 1. The summed E-state index contributed by atoms with van der Waals surface area (Å²) in [7, 11) is 1.71. The quantitative estimate of drug-likeness (QED) is 0.716. The van der Waals surface area contributed by atoms with E-state index in [1.807, 2.05) is 36.6 Å². The van der Waals surface area contributed by atoms with Crippen LogP contribution in [0.1, 0.15) is 20.3 Å². The third-order valence-electron chi connectivity index (χ3n) is 3.54. The second kappa shape index (κ2) is 8.45. The Kier molecular flexibility index (Phi) is 6.32. The van der Waals surface area contributed by atoms with Crippen LogP contribution in [0.5, 0.6) is 0 Å². The maximum absolute atomic E-state index is 12.4. The lowest BCUT2D eigenvalue weighted by atomic mass is 10.2. The van der Waals surface area contributed by atoms with Gasteiger partial charge in [-0.3, -0.25) is 9.78 Å². The highest BCUT2D eigenvalue weighted by Crippen LogP contribution is 2.27. The lowest BCUT2D eigenvalue weighted by Crippen LogP contribution is -2.34. The van der Waals surface area contributed by atoms with Gasteiger partial charge in [-0.15, -0.1) is 10.2 Å². The van der Waals surface area contributed by atoms with E-state index in [4.69, 9.17) is 5.26 Å². The Labute approximate surface area is 145 Å². The van der Waals surface area contributed by atoms with Crippen molar-refractivity contribution < 1.29 is 4.79 Å². The first kappa shape index (κ1) is 17.9. The summed E-state index contributed by atoms with van der Waals surface area (Å²) in [4.78, 5) is 18.0. The molecule has 24 heavy (non-hydrogen) atoms. The normalized spacial score (nSPS) is 11.8. The van der Waals surface area contributed by atoms with Gasteiger partial charge in [0, 0.05) is 38.1 Å². The molecule has 0 saturated carbocycles. The topological polar surface area (TPSA) is 87.7 Å². The van der Waals surface area contributed by atoms with Gasteiger partial charge in [-0.2, -0.15) is 5.26 Å². The van der Waals surface area contributed by atoms with E-state index in [0.29, 0.717) is 24.7 Å². The predicted octanol–water partition coefficient (Wildman–Crippen LogP) is 2.21. The molecule has 2 aromatic rings. The van der Waals surface area contributed by atoms with Gasteiger partial charge in [0.25, 0.3) is 0 Å². The SMILES string of the molecule is CCn1c(S[C@H](C)C(=O)N(C)CCC#N)nnc1-c1ccncc1. The van der Waals surface area contributed by atoms with Crippen molar-refractivity contribution in [3.63, 3.8) is 0 Å². The van der Waals surface area contributed by atoms with Crippen LogP contribution in [0.25, 0.3) is 11.4 Å². The highest BCUT2D eigenvalue weighted by molar-refractivity contribution is 8.00. The zero-order valence-electron chi connectivity index (χ0n) is 14.0. The molecule has 1 amide bonds. The molecule has 0 aliphatic carbocycles. The number of hydrogen-bond donors (Lipinski definition) is 0. The van der Waals surface area contributed by atoms with Crippen LogP contribution in [0.15, 0.2) is 29.7 Å². The molecule has 0 spiro atoms. The van der Waals surface area contributed by atoms with E-state index in [1.165, 1.54) is 11.8 Å². The summed E-state index contributed by atoms with van der Waals surface area (Å²) in [6, 6.07) is 5.82. The number of carbonyl (C=O) groups excluding carboxylic acids is 1. The molecule has 0 aliphatic rings. The third-order valence-corrected chi connectivity index (χ3v) is 4.60. The number of pyridine rings is 1. The maximum Gasteiger partial charge on any atom is 0.235 e. The number of nitrogens with zero attached hydrogens (tertiary/aromatic N) is 6. The molecule has 8 heteroatoms. The van der Waals surface area contributed by atoms with E-state index in [2.05, 4.69) is 15.2 Å². The van der Waals surface area contributed by atoms with Crippen molar-refractivity contribution in [3.8, 4) is 17.5 Å². The Balaban J connectivity index is 2.14. The van der Waals surface area contributed by atoms with E-state index in [9.17, 15) is 4.79 Å². The molecule has 7 nitrogen and oxygen atoms in total. The largest absolute Gasteiger partial charge is 0.344 e. The van der Waals surface area contributed by atoms with Crippen molar-refractivity contribution in [1.29, 1.82) is 5.26 Å². The maximum atomic E-state index is 12.4. The van der Waals surface area contributed by atoms with E-state index >= 15 is 0 Å². The van der Waals surface area contributed by atoms with Crippen LogP contribution in [0, 0.1) is 11.3 Å². The summed E-state index contributed by atoms with van der Waals surface area (Å²) in [6.07, 6.45) is 3.76. The first-order valence-corrected chi connectivity index (χ1v) is 8.58. The van der Waals surface area contributed by atoms with Crippen LogP contribution in [-0.2, 0) is 11.3 Å². The number of rotatable bonds is 7. The zero-order valence-corrected chi connectivity index (χ0v) is 14.8. The summed E-state index contributed by atoms with van der Waals surface area (Å²) in [5.74, 6) is 0.742. The Morgan fingerprint density at radius 2 is 2.12 bits per heavy atom. The molecule has 126 valence electrons. The first-order valence-electron chi connectivity index (χ1n) is 7.70.